The van der Waals surface area contributed by atoms with E-state index in [0.717, 1.165) is 33.5 Å². The number of imidazole rings is 1. The molecule has 0 saturated heterocycles. The van der Waals surface area contributed by atoms with Gasteiger partial charge in [0.05, 0.1) is 25.1 Å². The fraction of sp³-hybridized carbons (Fsp3) is 0.176. The van der Waals surface area contributed by atoms with E-state index in [1.54, 1.807) is 31.2 Å². The number of H-pyrrole nitrogens is 1. The Balaban J connectivity index is 1.65. The molecule has 0 aliphatic rings. The van der Waals surface area contributed by atoms with Gasteiger partial charge in [-0.1, -0.05) is 48.5 Å². The van der Waals surface area contributed by atoms with Crippen LogP contribution in [0.3, 0.4) is 0 Å². The maximum Gasteiger partial charge on any atom is 0.341 e. The van der Waals surface area contributed by atoms with Crippen molar-refractivity contribution >= 4 is 30.0 Å². The quantitative estimate of drug-likeness (QED) is 0.111. The van der Waals surface area contributed by atoms with E-state index in [1.807, 2.05) is 67.6 Å². The van der Waals surface area contributed by atoms with E-state index < -0.39 is 18.5 Å². The van der Waals surface area contributed by atoms with Crippen LogP contribution in [0.4, 0.5) is 0 Å². The second-order valence-electron chi connectivity index (χ2n) is 9.39. The van der Waals surface area contributed by atoms with Gasteiger partial charge in [-0.25, -0.2) is 19.6 Å². The van der Waals surface area contributed by atoms with Crippen molar-refractivity contribution in [2.75, 3.05) is 26.9 Å². The SMILES string of the molecule is CCOC(=O)C=Cc1ccc(-c2nc(-c3ccc(OCC(=O)O)cc3)c(-c3ccc(C=CC(=O)N(CC)OC)cc3)[nH]2)cc1. The van der Waals surface area contributed by atoms with Crippen molar-refractivity contribution in [3.8, 4) is 39.7 Å². The molecule has 0 radical (unpaired) electrons. The van der Waals surface area contributed by atoms with Crippen LogP contribution in [0.2, 0.25) is 0 Å². The molecular weight excluding hydrogens is 562 g/mol. The lowest BCUT2D eigenvalue weighted by Crippen LogP contribution is -2.27. The Morgan fingerprint density at radius 1 is 0.841 bits per heavy atom. The second kappa shape index (κ2) is 15.1. The molecule has 0 aliphatic heterocycles. The molecular formula is C34H33N3O7. The summed E-state index contributed by atoms with van der Waals surface area (Å²) in [5.74, 6) is -0.642. The van der Waals surface area contributed by atoms with E-state index in [1.165, 1.54) is 24.3 Å². The molecule has 1 heterocycles. The van der Waals surface area contributed by atoms with E-state index >= 15 is 0 Å². The molecule has 0 fully saturated rings. The minimum atomic E-state index is -1.06. The van der Waals surface area contributed by atoms with Gasteiger partial charge >= 0.3 is 11.9 Å². The number of hydrogen-bond acceptors (Lipinski definition) is 7. The lowest BCUT2D eigenvalue weighted by atomic mass is 10.0. The number of amides is 1. The number of carboxylic acids is 1. The monoisotopic (exact) mass is 595 g/mol. The van der Waals surface area contributed by atoms with Crippen molar-refractivity contribution in [1.82, 2.24) is 15.0 Å². The third-order valence-electron chi connectivity index (χ3n) is 6.45. The van der Waals surface area contributed by atoms with Crippen molar-refractivity contribution in [2.45, 2.75) is 13.8 Å². The van der Waals surface area contributed by atoms with Gasteiger partial charge in [-0.2, -0.15) is 0 Å². The summed E-state index contributed by atoms with van der Waals surface area (Å²) in [6.45, 7) is 3.90. The van der Waals surface area contributed by atoms with Gasteiger partial charge in [-0.3, -0.25) is 9.63 Å². The molecule has 0 saturated carbocycles. The van der Waals surface area contributed by atoms with Gasteiger partial charge in [0.25, 0.3) is 5.91 Å². The number of rotatable bonds is 13. The van der Waals surface area contributed by atoms with E-state index in [9.17, 15) is 14.4 Å². The second-order valence-corrected chi connectivity index (χ2v) is 9.39. The predicted molar refractivity (Wildman–Crippen MR) is 167 cm³/mol. The molecule has 10 nitrogen and oxygen atoms in total. The summed E-state index contributed by atoms with van der Waals surface area (Å²) >= 11 is 0. The van der Waals surface area contributed by atoms with Crippen LogP contribution in [0.25, 0.3) is 46.1 Å². The van der Waals surface area contributed by atoms with Crippen molar-refractivity contribution in [1.29, 1.82) is 0 Å². The lowest BCUT2D eigenvalue weighted by Gasteiger charge is -2.14. The largest absolute Gasteiger partial charge is 0.482 e. The summed E-state index contributed by atoms with van der Waals surface area (Å²) in [7, 11) is 1.45. The van der Waals surface area contributed by atoms with Crippen LogP contribution in [-0.2, 0) is 24.0 Å². The summed E-state index contributed by atoms with van der Waals surface area (Å²) in [5, 5.41) is 10.2. The van der Waals surface area contributed by atoms with Crippen molar-refractivity contribution < 1.29 is 33.8 Å². The van der Waals surface area contributed by atoms with Gasteiger partial charge in [-0.05, 0) is 61.4 Å². The number of aliphatic carboxylic acids is 1. The van der Waals surface area contributed by atoms with Crippen LogP contribution in [0.5, 0.6) is 5.75 Å². The standard InChI is InChI=1S/C34H33N3O7/c1-4-37(42-3)29(38)20-10-23-6-12-25(13-7-23)32-33(26-16-18-28(19-17-26)44-22-30(39)40)36-34(35-32)27-14-8-24(9-15-27)11-21-31(41)43-5-2/h6-21H,4-5,22H2,1-3H3,(H,35,36)(H,39,40). The predicted octanol–water partition coefficient (Wildman–Crippen LogP) is 5.87. The van der Waals surface area contributed by atoms with Crippen LogP contribution in [-0.4, -0.2) is 64.9 Å². The minimum absolute atomic E-state index is 0.252. The highest BCUT2D eigenvalue weighted by Gasteiger charge is 2.16. The number of nitrogens with zero attached hydrogens (tertiary/aromatic N) is 2. The average Bonchev–Trinajstić information content (AvgIpc) is 3.49. The molecule has 10 heteroatoms. The van der Waals surface area contributed by atoms with Crippen LogP contribution in [0.1, 0.15) is 25.0 Å². The van der Waals surface area contributed by atoms with Crippen molar-refractivity contribution in [3.05, 3.63) is 96.1 Å². The highest BCUT2D eigenvalue weighted by atomic mass is 16.7. The van der Waals surface area contributed by atoms with E-state index in [2.05, 4.69) is 4.98 Å². The highest BCUT2D eigenvalue weighted by molar-refractivity contribution is 5.91. The van der Waals surface area contributed by atoms with Gasteiger partial charge in [-0.15, -0.1) is 0 Å². The van der Waals surface area contributed by atoms with Gasteiger partial charge in [0.2, 0.25) is 0 Å². The van der Waals surface area contributed by atoms with E-state index in [4.69, 9.17) is 24.4 Å². The van der Waals surface area contributed by atoms with Crippen molar-refractivity contribution in [3.63, 3.8) is 0 Å². The Morgan fingerprint density at radius 2 is 1.43 bits per heavy atom. The maximum atomic E-state index is 12.3. The number of carbonyl (C=O) groups is 3. The molecule has 44 heavy (non-hydrogen) atoms. The molecule has 4 aromatic rings. The first kappa shape index (κ1) is 31.5. The number of aromatic nitrogens is 2. The van der Waals surface area contributed by atoms with E-state index in [-0.39, 0.29) is 5.91 Å². The number of ether oxygens (including phenoxy) is 2. The Kier molecular flexibility index (Phi) is 10.8. The number of benzene rings is 3. The first-order chi connectivity index (χ1) is 21.3. The average molecular weight is 596 g/mol. The first-order valence-corrected chi connectivity index (χ1v) is 14.0. The summed E-state index contributed by atoms with van der Waals surface area (Å²) in [5.41, 5.74) is 5.63. The minimum Gasteiger partial charge on any atom is -0.482 e. The van der Waals surface area contributed by atoms with Crippen LogP contribution < -0.4 is 4.74 Å². The maximum absolute atomic E-state index is 12.3. The number of carboxylic acid groups (broad SMARTS) is 1. The molecule has 0 aliphatic carbocycles. The summed E-state index contributed by atoms with van der Waals surface area (Å²) in [4.78, 5) is 48.2. The number of aromatic amines is 1. The summed E-state index contributed by atoms with van der Waals surface area (Å²) in [6, 6.07) is 22.3. The fourth-order valence-electron chi connectivity index (χ4n) is 4.28. The number of hydroxylamine groups is 2. The Morgan fingerprint density at radius 3 is 2.00 bits per heavy atom. The first-order valence-electron chi connectivity index (χ1n) is 14.0. The molecule has 0 unspecified atom stereocenters. The molecule has 0 spiro atoms. The van der Waals surface area contributed by atoms with E-state index in [0.29, 0.717) is 30.4 Å². The molecule has 0 bridgehead atoms. The fourth-order valence-corrected chi connectivity index (χ4v) is 4.28. The Labute approximate surface area is 255 Å². The number of esters is 1. The van der Waals surface area contributed by atoms with Gasteiger partial charge < -0.3 is 19.6 Å². The van der Waals surface area contributed by atoms with Crippen LogP contribution in [0, 0.1) is 0 Å². The van der Waals surface area contributed by atoms with Gasteiger partial charge in [0.1, 0.15) is 11.6 Å². The zero-order valence-electron chi connectivity index (χ0n) is 24.7. The zero-order valence-corrected chi connectivity index (χ0v) is 24.7. The number of hydrogen-bond donors (Lipinski definition) is 2. The molecule has 1 amide bonds. The molecule has 2 N–H and O–H groups in total. The normalized spacial score (nSPS) is 11.2. The summed E-state index contributed by atoms with van der Waals surface area (Å²) < 4.78 is 10.2. The molecule has 1 aromatic heterocycles. The van der Waals surface area contributed by atoms with Gasteiger partial charge in [0.15, 0.2) is 6.61 Å². The number of carbonyl (C=O) groups excluding carboxylic acids is 2. The highest BCUT2D eigenvalue weighted by Crippen LogP contribution is 2.34. The lowest BCUT2D eigenvalue weighted by molar-refractivity contribution is -0.168. The zero-order chi connectivity index (χ0) is 31.5. The summed E-state index contributed by atoms with van der Waals surface area (Å²) in [6.07, 6.45) is 6.26. The van der Waals surface area contributed by atoms with Crippen LogP contribution >= 0.6 is 0 Å². The number of likely N-dealkylation sites (N-methyl/N-ethyl adjacent to an activating group) is 1. The Bertz CT molecular complexity index is 1630. The molecule has 3 aromatic carbocycles. The van der Waals surface area contributed by atoms with Gasteiger partial charge in [0, 0.05) is 35.4 Å². The third kappa shape index (κ3) is 8.30. The topological polar surface area (TPSA) is 131 Å². The number of nitrogens with one attached hydrogen (secondary N) is 1. The van der Waals surface area contributed by atoms with Crippen LogP contribution in [0.15, 0.2) is 84.9 Å². The van der Waals surface area contributed by atoms with Crippen molar-refractivity contribution in [2.24, 2.45) is 0 Å². The molecule has 0 atom stereocenters. The smallest absolute Gasteiger partial charge is 0.341 e. The Hall–Kier alpha value is -5.48. The molecule has 226 valence electrons. The molecule has 4 rings (SSSR count). The third-order valence-corrected chi connectivity index (χ3v) is 6.45.